The number of carbonyl (C=O) groups excluding carboxylic acids is 2. The second-order valence-corrected chi connectivity index (χ2v) is 8.22. The minimum atomic E-state index is -0.675. The number of carbonyl (C=O) groups is 2. The average molecular weight is 420 g/mol. The quantitative estimate of drug-likeness (QED) is 0.528. The van der Waals surface area contributed by atoms with Crippen LogP contribution < -0.4 is 9.80 Å². The first-order valence-electron chi connectivity index (χ1n) is 11.0. The van der Waals surface area contributed by atoms with E-state index in [9.17, 15) is 9.59 Å². The topological polar surface area (TPSA) is 78.8 Å². The van der Waals surface area contributed by atoms with Crippen LogP contribution in [0.3, 0.4) is 0 Å². The van der Waals surface area contributed by atoms with Crippen molar-refractivity contribution < 1.29 is 9.59 Å². The van der Waals surface area contributed by atoms with Crippen molar-refractivity contribution in [2.75, 3.05) is 23.9 Å². The number of rotatable bonds is 6. The van der Waals surface area contributed by atoms with Gasteiger partial charge in [0.2, 0.25) is 5.91 Å². The van der Waals surface area contributed by atoms with Crippen molar-refractivity contribution in [1.82, 2.24) is 9.97 Å². The lowest BCUT2D eigenvalue weighted by Gasteiger charge is -2.43. The van der Waals surface area contributed by atoms with Crippen molar-refractivity contribution in [2.45, 2.75) is 57.0 Å². The van der Waals surface area contributed by atoms with Gasteiger partial charge in [0.15, 0.2) is 11.6 Å². The molecule has 7 heteroatoms. The molecular weight excluding hydrogens is 390 g/mol. The van der Waals surface area contributed by atoms with Crippen molar-refractivity contribution in [3.63, 3.8) is 0 Å². The molecule has 0 radical (unpaired) electrons. The first-order chi connectivity index (χ1) is 15.1. The lowest BCUT2D eigenvalue weighted by molar-refractivity contribution is -0.120. The van der Waals surface area contributed by atoms with E-state index in [0.717, 1.165) is 31.5 Å². The van der Waals surface area contributed by atoms with E-state index in [1.54, 1.807) is 43.5 Å². The molecule has 4 rings (SSSR count). The molecule has 0 spiro atoms. The monoisotopic (exact) mass is 419 g/mol. The summed E-state index contributed by atoms with van der Waals surface area (Å²) in [6.45, 7) is 2.04. The number of Topliss-reactive ketones (excluding diaryl/α,β-unsaturated/α-hetero) is 1. The van der Waals surface area contributed by atoms with E-state index in [-0.39, 0.29) is 23.8 Å². The van der Waals surface area contributed by atoms with Crippen LogP contribution in [0, 0.1) is 0 Å². The van der Waals surface area contributed by atoms with Gasteiger partial charge in [-0.15, -0.1) is 0 Å². The molecule has 2 aromatic rings. The van der Waals surface area contributed by atoms with E-state index in [1.165, 1.54) is 0 Å². The number of nitrogens with zero attached hydrogens (tertiary/aromatic N) is 5. The van der Waals surface area contributed by atoms with Crippen LogP contribution in [0.25, 0.3) is 0 Å². The molecule has 1 fully saturated rings. The molecule has 2 atom stereocenters. The van der Waals surface area contributed by atoms with Gasteiger partial charge < -0.3 is 9.80 Å². The van der Waals surface area contributed by atoms with Gasteiger partial charge >= 0.3 is 0 Å². The Morgan fingerprint density at radius 2 is 1.97 bits per heavy atom. The molecule has 1 aromatic carbocycles. The summed E-state index contributed by atoms with van der Waals surface area (Å²) >= 11 is 0. The Hall–Kier alpha value is -3.09. The van der Waals surface area contributed by atoms with Gasteiger partial charge in [0.05, 0.1) is 6.20 Å². The van der Waals surface area contributed by atoms with Gasteiger partial charge in [0.25, 0.3) is 0 Å². The van der Waals surface area contributed by atoms with Crippen molar-refractivity contribution in [3.05, 3.63) is 47.9 Å². The molecule has 0 saturated heterocycles. The second-order valence-electron chi connectivity index (χ2n) is 8.22. The Morgan fingerprint density at radius 1 is 1.26 bits per heavy atom. The molecule has 31 heavy (non-hydrogen) atoms. The van der Waals surface area contributed by atoms with Gasteiger partial charge in [0, 0.05) is 31.9 Å². The summed E-state index contributed by atoms with van der Waals surface area (Å²) in [6.07, 6.45) is 8.41. The van der Waals surface area contributed by atoms with Crippen molar-refractivity contribution in [3.8, 4) is 0 Å². The summed E-state index contributed by atoms with van der Waals surface area (Å²) in [4.78, 5) is 43.7. The predicted octanol–water partition coefficient (Wildman–Crippen LogP) is 3.65. The number of ketones is 1. The number of hydrogen-bond acceptors (Lipinski definition) is 6. The van der Waals surface area contributed by atoms with Crippen LogP contribution in [-0.2, 0) is 4.79 Å². The summed E-state index contributed by atoms with van der Waals surface area (Å²) in [7, 11) is 3.42. The summed E-state index contributed by atoms with van der Waals surface area (Å²) < 4.78 is 0. The maximum Gasteiger partial charge on any atom is 0.249 e. The number of benzene rings is 1. The van der Waals surface area contributed by atoms with E-state index in [2.05, 4.69) is 14.9 Å². The largest absolute Gasteiger partial charge is 0.340 e. The fourth-order valence-electron chi connectivity index (χ4n) is 4.73. The smallest absolute Gasteiger partial charge is 0.249 e. The zero-order valence-electron chi connectivity index (χ0n) is 18.4. The molecule has 2 aliphatic rings. The molecular formula is C24H29N5O2. The van der Waals surface area contributed by atoms with Gasteiger partial charge in [-0.3, -0.25) is 14.6 Å². The minimum Gasteiger partial charge on any atom is -0.340 e. The molecule has 0 bridgehead atoms. The molecule has 0 N–H and O–H groups in total. The number of aliphatic imine (C=N–C) groups is 1. The molecule has 2 heterocycles. The van der Waals surface area contributed by atoms with Gasteiger partial charge in [0.1, 0.15) is 23.5 Å². The lowest BCUT2D eigenvalue weighted by Crippen LogP contribution is -2.55. The zero-order valence-corrected chi connectivity index (χ0v) is 18.4. The molecule has 1 amide bonds. The number of likely N-dealkylation sites (N-methyl/N-ethyl adjacent to an activating group) is 1. The Bertz CT molecular complexity index is 985. The Balaban J connectivity index is 1.80. The summed E-state index contributed by atoms with van der Waals surface area (Å²) in [5, 5.41) is 0. The first-order valence-corrected chi connectivity index (χ1v) is 11.0. The maximum absolute atomic E-state index is 13.2. The standard InChI is InChI=1S/C24H29N5O2/c1-4-19-24(31)28(3)20-15-26-22(27-23(20)29(19)17-12-8-9-13-17)18(14-25-2)21(30)16-10-6-5-7-11-16/h5-7,10-11,14-15,17-19H,4,8-9,12-13H2,1-3H3. The van der Waals surface area contributed by atoms with Crippen LogP contribution in [0.5, 0.6) is 0 Å². The van der Waals surface area contributed by atoms with E-state index in [1.807, 2.05) is 25.1 Å². The normalized spacial score (nSPS) is 20.4. The van der Waals surface area contributed by atoms with Gasteiger partial charge in [-0.2, -0.15) is 0 Å². The van der Waals surface area contributed by atoms with Crippen LogP contribution in [0.4, 0.5) is 11.5 Å². The third kappa shape index (κ3) is 3.84. The van der Waals surface area contributed by atoms with Gasteiger partial charge in [-0.25, -0.2) is 9.97 Å². The summed E-state index contributed by atoms with van der Waals surface area (Å²) in [5.74, 6) is 0.474. The Morgan fingerprint density at radius 3 is 2.61 bits per heavy atom. The Kier molecular flexibility index (Phi) is 6.11. The van der Waals surface area contributed by atoms with Crippen LogP contribution in [0.1, 0.15) is 61.1 Å². The summed E-state index contributed by atoms with van der Waals surface area (Å²) in [5.41, 5.74) is 1.30. The number of anilines is 2. The number of amides is 1. The van der Waals surface area contributed by atoms with Crippen LogP contribution in [0.15, 0.2) is 41.5 Å². The lowest BCUT2D eigenvalue weighted by atomic mass is 9.97. The van der Waals surface area contributed by atoms with E-state index in [4.69, 9.17) is 4.98 Å². The van der Waals surface area contributed by atoms with E-state index in [0.29, 0.717) is 23.5 Å². The molecule has 7 nitrogen and oxygen atoms in total. The van der Waals surface area contributed by atoms with Gasteiger partial charge in [-0.1, -0.05) is 50.1 Å². The highest BCUT2D eigenvalue weighted by Gasteiger charge is 2.41. The second kappa shape index (κ2) is 8.96. The molecule has 2 unspecified atom stereocenters. The highest BCUT2D eigenvalue weighted by molar-refractivity contribution is 6.10. The Labute approximate surface area is 183 Å². The fourth-order valence-corrected chi connectivity index (χ4v) is 4.73. The van der Waals surface area contributed by atoms with E-state index >= 15 is 0 Å². The highest BCUT2D eigenvalue weighted by Crippen LogP contribution is 2.39. The van der Waals surface area contributed by atoms with Gasteiger partial charge in [-0.05, 0) is 19.3 Å². The molecule has 162 valence electrons. The maximum atomic E-state index is 13.2. The van der Waals surface area contributed by atoms with Crippen LogP contribution >= 0.6 is 0 Å². The molecule has 1 aliphatic carbocycles. The third-order valence-corrected chi connectivity index (χ3v) is 6.35. The van der Waals surface area contributed by atoms with E-state index < -0.39 is 5.92 Å². The average Bonchev–Trinajstić information content (AvgIpc) is 3.34. The first kappa shape index (κ1) is 21.2. The predicted molar refractivity (Wildman–Crippen MR) is 122 cm³/mol. The van der Waals surface area contributed by atoms with Crippen molar-refractivity contribution in [2.24, 2.45) is 4.99 Å². The minimum absolute atomic E-state index is 0.0743. The summed E-state index contributed by atoms with van der Waals surface area (Å²) in [6, 6.07) is 9.19. The van der Waals surface area contributed by atoms with Crippen molar-refractivity contribution in [1.29, 1.82) is 0 Å². The number of fused-ring (bicyclic) bond motifs is 1. The molecule has 1 saturated carbocycles. The third-order valence-electron chi connectivity index (χ3n) is 6.35. The molecule has 1 aliphatic heterocycles. The number of aromatic nitrogens is 2. The fraction of sp³-hybridized carbons (Fsp3) is 0.458. The molecule has 1 aromatic heterocycles. The number of hydrogen-bond donors (Lipinski definition) is 0. The van der Waals surface area contributed by atoms with Crippen LogP contribution in [0.2, 0.25) is 0 Å². The SMILES string of the molecule is CCC1C(=O)N(C)c2cnc(C(C=NC)C(=O)c3ccccc3)nc2N1C1CCCC1. The van der Waals surface area contributed by atoms with Crippen molar-refractivity contribution >= 4 is 29.4 Å². The zero-order chi connectivity index (χ0) is 22.0. The highest BCUT2D eigenvalue weighted by atomic mass is 16.2. The van der Waals surface area contributed by atoms with Crippen LogP contribution in [-0.4, -0.2) is 54.1 Å².